The molecule has 1 aliphatic heterocycles. The number of likely N-dealkylation sites (tertiary alicyclic amines) is 1. The van der Waals surface area contributed by atoms with Crippen LogP contribution in [0.25, 0.3) is 0 Å². The number of hydrogen-bond donors (Lipinski definition) is 2. The van der Waals surface area contributed by atoms with E-state index in [-0.39, 0.29) is 6.03 Å². The van der Waals surface area contributed by atoms with Gasteiger partial charge in [0, 0.05) is 12.6 Å². The lowest BCUT2D eigenvalue weighted by molar-refractivity contribution is -0.143. The molecule has 0 spiro atoms. The monoisotopic (exact) mass is 268 g/mol. The summed E-state index contributed by atoms with van der Waals surface area (Å²) in [4.78, 5) is 25.3. The maximum atomic E-state index is 12.3. The molecule has 5 heteroatoms. The van der Waals surface area contributed by atoms with E-state index in [2.05, 4.69) is 5.32 Å². The third-order valence-corrected chi connectivity index (χ3v) is 4.46. The summed E-state index contributed by atoms with van der Waals surface area (Å²) in [5, 5.41) is 11.7. The van der Waals surface area contributed by atoms with Gasteiger partial charge in [-0.05, 0) is 45.4 Å². The van der Waals surface area contributed by atoms with Crippen LogP contribution in [-0.2, 0) is 4.79 Å². The van der Waals surface area contributed by atoms with Gasteiger partial charge in [0.25, 0.3) is 0 Å². The Kier molecular flexibility index (Phi) is 4.02. The first-order valence-electron chi connectivity index (χ1n) is 7.24. The van der Waals surface area contributed by atoms with Crippen molar-refractivity contribution in [2.75, 3.05) is 6.54 Å². The molecule has 0 bridgehead atoms. The number of carboxylic acids is 1. The predicted molar refractivity (Wildman–Crippen MR) is 71.9 cm³/mol. The Morgan fingerprint density at radius 2 is 1.79 bits per heavy atom. The summed E-state index contributed by atoms with van der Waals surface area (Å²) >= 11 is 0. The van der Waals surface area contributed by atoms with Gasteiger partial charge in [0.1, 0.15) is 5.54 Å². The van der Waals surface area contributed by atoms with Crippen LogP contribution in [0.2, 0.25) is 0 Å². The van der Waals surface area contributed by atoms with Crippen molar-refractivity contribution in [1.82, 2.24) is 10.2 Å². The highest BCUT2D eigenvalue weighted by atomic mass is 16.4. The molecular weight excluding hydrogens is 244 g/mol. The lowest BCUT2D eigenvalue weighted by Crippen LogP contribution is -2.59. The van der Waals surface area contributed by atoms with E-state index in [0.29, 0.717) is 12.0 Å². The Hall–Kier alpha value is -1.26. The van der Waals surface area contributed by atoms with Gasteiger partial charge in [0.05, 0.1) is 0 Å². The summed E-state index contributed by atoms with van der Waals surface area (Å²) in [6.45, 7) is 3.80. The second kappa shape index (κ2) is 5.39. The molecule has 1 saturated heterocycles. The van der Waals surface area contributed by atoms with Crippen LogP contribution in [0.5, 0.6) is 0 Å². The van der Waals surface area contributed by atoms with E-state index >= 15 is 0 Å². The van der Waals surface area contributed by atoms with E-state index in [4.69, 9.17) is 5.11 Å². The highest BCUT2D eigenvalue weighted by molar-refractivity contribution is 5.85. The first-order chi connectivity index (χ1) is 8.92. The van der Waals surface area contributed by atoms with Gasteiger partial charge in [-0.3, -0.25) is 0 Å². The van der Waals surface area contributed by atoms with Crippen molar-refractivity contribution in [2.45, 2.75) is 64.0 Å². The Morgan fingerprint density at radius 1 is 1.16 bits per heavy atom. The van der Waals surface area contributed by atoms with Crippen molar-refractivity contribution in [3.63, 3.8) is 0 Å². The summed E-state index contributed by atoms with van der Waals surface area (Å²) in [5.41, 5.74) is -1.21. The maximum Gasteiger partial charge on any atom is 0.328 e. The molecule has 0 unspecified atom stereocenters. The Labute approximate surface area is 114 Å². The Balaban J connectivity index is 2.03. The molecular formula is C14H24N2O3. The minimum absolute atomic E-state index is 0.219. The summed E-state index contributed by atoms with van der Waals surface area (Å²) in [6.07, 6.45) is 6.94. The molecule has 1 heterocycles. The summed E-state index contributed by atoms with van der Waals surface area (Å²) in [7, 11) is 0. The van der Waals surface area contributed by atoms with Gasteiger partial charge >= 0.3 is 12.0 Å². The quantitative estimate of drug-likeness (QED) is 0.806. The minimum Gasteiger partial charge on any atom is -0.480 e. The molecule has 2 amide bonds. The lowest BCUT2D eigenvalue weighted by Gasteiger charge is -2.44. The fourth-order valence-corrected chi connectivity index (χ4v) is 3.27. The molecule has 2 atom stereocenters. The average molecular weight is 268 g/mol. The molecule has 2 N–H and O–H groups in total. The normalized spacial score (nSPS) is 27.6. The first-order valence-corrected chi connectivity index (χ1v) is 7.24. The predicted octanol–water partition coefficient (Wildman–Crippen LogP) is 2.21. The van der Waals surface area contributed by atoms with E-state index in [0.717, 1.165) is 19.4 Å². The molecule has 0 radical (unpaired) electrons. The molecule has 2 aliphatic rings. The maximum absolute atomic E-state index is 12.3. The molecule has 0 aromatic heterocycles. The second-order valence-corrected chi connectivity index (χ2v) is 6.31. The molecule has 19 heavy (non-hydrogen) atoms. The van der Waals surface area contributed by atoms with Gasteiger partial charge in [-0.1, -0.05) is 12.8 Å². The number of nitrogens with zero attached hydrogens (tertiary/aromatic N) is 1. The van der Waals surface area contributed by atoms with Gasteiger partial charge in [0.2, 0.25) is 0 Å². The van der Waals surface area contributed by atoms with Crippen LogP contribution in [-0.4, -0.2) is 40.1 Å². The number of piperidine rings is 1. The number of fused-ring (bicyclic) bond motifs is 1. The number of carboxylic acid groups (broad SMARTS) is 1. The fraction of sp³-hybridized carbons (Fsp3) is 0.857. The molecule has 0 aromatic rings. The second-order valence-electron chi connectivity index (χ2n) is 6.31. The standard InChI is InChI=1S/C14H24N2O3/c1-14(2,12(17)18)15-13(19)16-9-5-7-10-6-3-4-8-11(10)16/h10-11H,3-9H2,1-2H3,(H,15,19)(H,17,18)/t10-,11-/m1/s1. The lowest BCUT2D eigenvalue weighted by atomic mass is 9.78. The fourth-order valence-electron chi connectivity index (χ4n) is 3.27. The van der Waals surface area contributed by atoms with Crippen molar-refractivity contribution < 1.29 is 14.7 Å². The van der Waals surface area contributed by atoms with Crippen LogP contribution >= 0.6 is 0 Å². The third kappa shape index (κ3) is 3.01. The highest BCUT2D eigenvalue weighted by Crippen LogP contribution is 2.35. The van der Waals surface area contributed by atoms with E-state index < -0.39 is 11.5 Å². The Morgan fingerprint density at radius 3 is 2.47 bits per heavy atom. The smallest absolute Gasteiger partial charge is 0.328 e. The van der Waals surface area contributed by atoms with Crippen LogP contribution in [0.1, 0.15) is 52.4 Å². The van der Waals surface area contributed by atoms with Gasteiger partial charge in [-0.15, -0.1) is 0 Å². The molecule has 2 rings (SSSR count). The third-order valence-electron chi connectivity index (χ3n) is 4.46. The summed E-state index contributed by atoms with van der Waals surface area (Å²) in [6, 6.07) is 0.0936. The number of rotatable bonds is 2. The molecule has 1 saturated carbocycles. The van der Waals surface area contributed by atoms with Gasteiger partial charge < -0.3 is 15.3 Å². The van der Waals surface area contributed by atoms with Crippen molar-refractivity contribution in [3.05, 3.63) is 0 Å². The number of urea groups is 1. The van der Waals surface area contributed by atoms with Gasteiger partial charge in [-0.25, -0.2) is 9.59 Å². The van der Waals surface area contributed by atoms with Crippen molar-refractivity contribution in [1.29, 1.82) is 0 Å². The zero-order valence-electron chi connectivity index (χ0n) is 11.8. The van der Waals surface area contributed by atoms with Crippen molar-refractivity contribution >= 4 is 12.0 Å². The van der Waals surface area contributed by atoms with Gasteiger partial charge in [0.15, 0.2) is 0 Å². The Bertz CT molecular complexity index is 366. The van der Waals surface area contributed by atoms with E-state index in [1.165, 1.54) is 39.5 Å². The van der Waals surface area contributed by atoms with E-state index in [9.17, 15) is 9.59 Å². The van der Waals surface area contributed by atoms with Crippen LogP contribution in [0, 0.1) is 5.92 Å². The van der Waals surface area contributed by atoms with Crippen LogP contribution in [0.3, 0.4) is 0 Å². The molecule has 2 fully saturated rings. The van der Waals surface area contributed by atoms with Crippen LogP contribution < -0.4 is 5.32 Å². The number of carbonyl (C=O) groups excluding carboxylic acids is 1. The molecule has 108 valence electrons. The van der Waals surface area contributed by atoms with Crippen LogP contribution in [0.4, 0.5) is 4.79 Å². The zero-order valence-corrected chi connectivity index (χ0v) is 11.8. The van der Waals surface area contributed by atoms with E-state index in [1.807, 2.05) is 4.90 Å². The topological polar surface area (TPSA) is 69.6 Å². The number of nitrogens with one attached hydrogen (secondary N) is 1. The van der Waals surface area contributed by atoms with E-state index in [1.54, 1.807) is 0 Å². The zero-order chi connectivity index (χ0) is 14.0. The highest BCUT2D eigenvalue weighted by Gasteiger charge is 2.38. The molecule has 0 aromatic carbocycles. The number of carbonyl (C=O) groups is 2. The number of aliphatic carboxylic acids is 1. The van der Waals surface area contributed by atoms with Crippen LogP contribution in [0.15, 0.2) is 0 Å². The number of amides is 2. The van der Waals surface area contributed by atoms with Crippen molar-refractivity contribution in [3.8, 4) is 0 Å². The molecule has 5 nitrogen and oxygen atoms in total. The SMILES string of the molecule is CC(C)(NC(=O)N1CCC[C@H]2CCCC[C@H]21)C(=O)O. The largest absolute Gasteiger partial charge is 0.480 e. The minimum atomic E-state index is -1.21. The van der Waals surface area contributed by atoms with Gasteiger partial charge in [-0.2, -0.15) is 0 Å². The van der Waals surface area contributed by atoms with Crippen molar-refractivity contribution in [2.24, 2.45) is 5.92 Å². The number of hydrogen-bond acceptors (Lipinski definition) is 2. The molecule has 1 aliphatic carbocycles. The first kappa shape index (κ1) is 14.2. The average Bonchev–Trinajstić information content (AvgIpc) is 2.37. The summed E-state index contributed by atoms with van der Waals surface area (Å²) < 4.78 is 0. The summed E-state index contributed by atoms with van der Waals surface area (Å²) in [5.74, 6) is -0.390.